The molecular weight excluding hydrogens is 229 g/mol. The normalized spacial score (nSPS) is 11.7. The fourth-order valence-electron chi connectivity index (χ4n) is 1.52. The third-order valence-electron chi connectivity index (χ3n) is 2.19. The second-order valence-electron chi connectivity index (χ2n) is 3.15. The van der Waals surface area contributed by atoms with Crippen LogP contribution in [0.3, 0.4) is 0 Å². The molecule has 68 valence electrons. The van der Waals surface area contributed by atoms with Crippen LogP contribution in [0.15, 0.2) is 58.3 Å². The molecule has 0 fully saturated rings. The summed E-state index contributed by atoms with van der Waals surface area (Å²) in [7, 11) is 0. The van der Waals surface area contributed by atoms with Crippen LogP contribution in [-0.2, 0) is 0 Å². The summed E-state index contributed by atoms with van der Waals surface area (Å²) in [4.78, 5) is 2.48. The Morgan fingerprint density at radius 1 is 0.733 bits per heavy atom. The van der Waals surface area contributed by atoms with Gasteiger partial charge in [-0.05, 0) is 21.9 Å². The van der Waals surface area contributed by atoms with E-state index in [4.69, 9.17) is 0 Å². The van der Waals surface area contributed by atoms with Crippen molar-refractivity contribution in [3.05, 3.63) is 53.8 Å². The zero-order valence-corrected chi connectivity index (χ0v) is 12.4. The standard InChI is InChI=1S/C12H8NS.K/c1-3-7-11-9(5-1)13-10-6-2-4-8-12(10)14-11;/h1-8H;/q-1;+1. The Morgan fingerprint density at radius 3 is 1.73 bits per heavy atom. The molecule has 3 rings (SSSR count). The van der Waals surface area contributed by atoms with Crippen LogP contribution >= 0.6 is 11.8 Å². The van der Waals surface area contributed by atoms with Crippen LogP contribution < -0.4 is 51.4 Å². The second kappa shape index (κ2) is 5.04. The van der Waals surface area contributed by atoms with Gasteiger partial charge in [-0.15, -0.1) is 11.4 Å². The molecule has 0 N–H and O–H groups in total. The summed E-state index contributed by atoms with van der Waals surface area (Å²) in [6, 6.07) is 16.5. The van der Waals surface area contributed by atoms with E-state index in [-0.39, 0.29) is 51.4 Å². The molecule has 0 radical (unpaired) electrons. The van der Waals surface area contributed by atoms with Gasteiger partial charge in [0, 0.05) is 0 Å². The van der Waals surface area contributed by atoms with Crippen molar-refractivity contribution in [2.45, 2.75) is 9.79 Å². The molecule has 0 aromatic heterocycles. The van der Waals surface area contributed by atoms with Gasteiger partial charge in [0.15, 0.2) is 0 Å². The molecule has 3 heteroatoms. The number of rotatable bonds is 0. The number of nitrogens with zero attached hydrogens (tertiary/aromatic N) is 1. The Balaban J connectivity index is 0.000000853. The van der Waals surface area contributed by atoms with E-state index in [1.807, 2.05) is 12.1 Å². The van der Waals surface area contributed by atoms with E-state index in [0.717, 1.165) is 11.4 Å². The van der Waals surface area contributed by atoms with Gasteiger partial charge in [0.2, 0.25) is 0 Å². The minimum atomic E-state index is 0. The maximum Gasteiger partial charge on any atom is 1.00 e. The van der Waals surface area contributed by atoms with Crippen molar-refractivity contribution < 1.29 is 51.4 Å². The minimum absolute atomic E-state index is 0. The van der Waals surface area contributed by atoms with Crippen LogP contribution in [0, 0.1) is 0 Å². The summed E-state index contributed by atoms with van der Waals surface area (Å²) in [5.41, 5.74) is 2.16. The predicted octanol–water partition coefficient (Wildman–Crippen LogP) is 1.49. The van der Waals surface area contributed by atoms with Gasteiger partial charge in [-0.3, -0.25) is 0 Å². The molecule has 2 aromatic rings. The molecule has 0 bridgehead atoms. The Labute approximate surface area is 136 Å². The third-order valence-corrected chi connectivity index (χ3v) is 3.32. The van der Waals surface area contributed by atoms with E-state index in [2.05, 4.69) is 41.7 Å². The predicted molar refractivity (Wildman–Crippen MR) is 59.7 cm³/mol. The summed E-state index contributed by atoms with van der Waals surface area (Å²) >= 11 is 1.79. The Morgan fingerprint density at radius 2 is 1.20 bits per heavy atom. The van der Waals surface area contributed by atoms with Crippen molar-refractivity contribution in [1.82, 2.24) is 0 Å². The van der Waals surface area contributed by atoms with Crippen LogP contribution in [0.1, 0.15) is 0 Å². The second-order valence-corrected chi connectivity index (χ2v) is 4.23. The molecule has 2 aromatic carbocycles. The zero-order valence-electron chi connectivity index (χ0n) is 8.47. The summed E-state index contributed by atoms with van der Waals surface area (Å²) in [6.07, 6.45) is 0. The van der Waals surface area contributed by atoms with Crippen LogP contribution in [0.25, 0.3) is 5.32 Å². The van der Waals surface area contributed by atoms with Crippen LogP contribution in [0.5, 0.6) is 0 Å². The van der Waals surface area contributed by atoms with E-state index < -0.39 is 0 Å². The van der Waals surface area contributed by atoms with Crippen molar-refractivity contribution in [2.75, 3.05) is 0 Å². The van der Waals surface area contributed by atoms with Gasteiger partial charge in [-0.1, -0.05) is 48.2 Å². The van der Waals surface area contributed by atoms with Crippen LogP contribution in [-0.4, -0.2) is 0 Å². The van der Waals surface area contributed by atoms with Gasteiger partial charge in [0.1, 0.15) is 0 Å². The number of para-hydroxylation sites is 2. The SMILES string of the molecule is [K+].c1ccc2c(c1)[N-]c1ccccc1S2. The van der Waals surface area contributed by atoms with Gasteiger partial charge in [-0.2, -0.15) is 0 Å². The number of hydrogen-bond acceptors (Lipinski definition) is 1. The fraction of sp³-hybridized carbons (Fsp3) is 0. The number of hydrogen-bond donors (Lipinski definition) is 0. The van der Waals surface area contributed by atoms with Gasteiger partial charge >= 0.3 is 51.4 Å². The average Bonchev–Trinajstić information content (AvgIpc) is 2.26. The van der Waals surface area contributed by atoms with E-state index in [9.17, 15) is 0 Å². The van der Waals surface area contributed by atoms with Crippen molar-refractivity contribution in [3.63, 3.8) is 0 Å². The van der Waals surface area contributed by atoms with Gasteiger partial charge in [0.05, 0.1) is 0 Å². The van der Waals surface area contributed by atoms with Gasteiger partial charge in [0.25, 0.3) is 0 Å². The Hall–Kier alpha value is 0.226. The molecule has 1 nitrogen and oxygen atoms in total. The molecule has 1 heterocycles. The fourth-order valence-corrected chi connectivity index (χ4v) is 2.49. The molecule has 0 aliphatic carbocycles. The quantitative estimate of drug-likeness (QED) is 0.540. The van der Waals surface area contributed by atoms with Gasteiger partial charge < -0.3 is 5.32 Å². The maximum absolute atomic E-state index is 4.59. The molecular formula is C12H8KNS. The molecule has 1 aliphatic rings. The topological polar surface area (TPSA) is 14.1 Å². The Bertz CT molecular complexity index is 397. The monoisotopic (exact) mass is 237 g/mol. The maximum atomic E-state index is 4.59. The van der Waals surface area contributed by atoms with Crippen LogP contribution in [0.4, 0.5) is 11.4 Å². The molecule has 0 amide bonds. The largest absolute Gasteiger partial charge is 1.00 e. The van der Waals surface area contributed by atoms with Crippen molar-refractivity contribution in [2.24, 2.45) is 0 Å². The number of fused-ring (bicyclic) bond motifs is 2. The first-order valence-corrected chi connectivity index (χ1v) is 5.33. The van der Waals surface area contributed by atoms with E-state index >= 15 is 0 Å². The average molecular weight is 237 g/mol. The van der Waals surface area contributed by atoms with Crippen molar-refractivity contribution in [3.8, 4) is 0 Å². The van der Waals surface area contributed by atoms with E-state index in [0.29, 0.717) is 0 Å². The molecule has 1 aliphatic heterocycles. The molecule has 0 spiro atoms. The first kappa shape index (κ1) is 11.7. The summed E-state index contributed by atoms with van der Waals surface area (Å²) in [5.74, 6) is 0. The van der Waals surface area contributed by atoms with E-state index in [1.54, 1.807) is 11.8 Å². The summed E-state index contributed by atoms with van der Waals surface area (Å²) < 4.78 is 0. The van der Waals surface area contributed by atoms with E-state index in [1.165, 1.54) is 9.79 Å². The third kappa shape index (κ3) is 2.33. The van der Waals surface area contributed by atoms with Crippen LogP contribution in [0.2, 0.25) is 0 Å². The first-order valence-electron chi connectivity index (χ1n) is 4.51. The zero-order chi connectivity index (χ0) is 9.38. The van der Waals surface area contributed by atoms with Crippen molar-refractivity contribution >= 4 is 23.1 Å². The van der Waals surface area contributed by atoms with Crippen molar-refractivity contribution in [1.29, 1.82) is 0 Å². The Kier molecular flexibility index (Phi) is 3.93. The summed E-state index contributed by atoms with van der Waals surface area (Å²) in [6.45, 7) is 0. The van der Waals surface area contributed by atoms with Gasteiger partial charge in [-0.25, -0.2) is 0 Å². The molecule has 0 atom stereocenters. The summed E-state index contributed by atoms with van der Waals surface area (Å²) in [5, 5.41) is 4.59. The minimum Gasteiger partial charge on any atom is -0.656 e. The number of benzene rings is 2. The first-order chi connectivity index (χ1) is 6.93. The molecule has 0 saturated carbocycles. The molecule has 15 heavy (non-hydrogen) atoms. The molecule has 0 unspecified atom stereocenters. The smallest absolute Gasteiger partial charge is 0.656 e. The molecule has 0 saturated heterocycles.